The van der Waals surface area contributed by atoms with E-state index in [0.29, 0.717) is 0 Å². The molecule has 0 spiro atoms. The van der Waals surface area contributed by atoms with Gasteiger partial charge >= 0.3 is 53.0 Å². The van der Waals surface area contributed by atoms with Crippen LogP contribution >= 0.6 is 23.5 Å². The van der Waals surface area contributed by atoms with Crippen LogP contribution < -0.4 is 0 Å². The fourth-order valence-corrected chi connectivity index (χ4v) is 0. The summed E-state index contributed by atoms with van der Waals surface area (Å²) in [6.45, 7) is 0. The second-order valence-corrected chi connectivity index (χ2v) is 4.62. The topological polar surface area (TPSA) is 611 Å². The molecule has 0 fully saturated rings. The number of phosphoric acid groups is 3. The summed E-state index contributed by atoms with van der Waals surface area (Å²) in [4.78, 5) is 64.7. The van der Waals surface area contributed by atoms with Gasteiger partial charge in [0.05, 0.1) is 0 Å². The monoisotopic (exact) mass is 534 g/mol. The molecule has 0 aromatic heterocycles. The molecule has 0 heterocycles. The van der Waals surface area contributed by atoms with Crippen LogP contribution in [0.5, 0.6) is 0 Å². The molecule has 194 valence electrons. The summed E-state index contributed by atoms with van der Waals surface area (Å²) < 4.78 is 26.6. The quantitative estimate of drug-likeness (QED) is 0.103. The Balaban J connectivity index is -0.00000000447. The molecule has 0 unspecified atom stereocenters. The summed E-state index contributed by atoms with van der Waals surface area (Å²) in [6.07, 6.45) is 0. The van der Waals surface area contributed by atoms with Crippen molar-refractivity contribution < 1.29 is 123 Å². The van der Waals surface area contributed by atoms with Crippen molar-refractivity contribution in [2.75, 3.05) is 0 Å². The second-order valence-electron chi connectivity index (χ2n) is 1.54. The van der Waals surface area contributed by atoms with Gasteiger partial charge in [-0.15, -0.1) is 0 Å². The second kappa shape index (κ2) is 56.5. The summed E-state index contributed by atoms with van der Waals surface area (Å²) in [5.41, 5.74) is 0. The van der Waals surface area contributed by atoms with Gasteiger partial charge in [0.15, 0.2) is 0 Å². The molecule has 28 heavy (non-hydrogen) atoms. The molecule has 28 heteroatoms. The van der Waals surface area contributed by atoms with Crippen LogP contribution in [0, 0.1) is 0 Å². The summed E-state index contributed by atoms with van der Waals surface area (Å²) in [5, 5.41) is 0. The van der Waals surface area contributed by atoms with E-state index >= 15 is 0 Å². The van der Waals surface area contributed by atoms with Gasteiger partial charge in [0.25, 0.3) is 0 Å². The molecule has 33 N–H and O–H groups in total. The van der Waals surface area contributed by atoms with Crippen LogP contribution in [0.4, 0.5) is 0 Å². The predicted octanol–water partition coefficient (Wildman–Crippen LogP) is -13.3. The van der Waals surface area contributed by atoms with Crippen molar-refractivity contribution in [1.29, 1.82) is 0 Å². The van der Waals surface area contributed by atoms with Crippen molar-refractivity contribution in [2.24, 2.45) is 0 Å². The van der Waals surface area contributed by atoms with Gasteiger partial charge in [-0.1, -0.05) is 0 Å². The van der Waals surface area contributed by atoms with Gasteiger partial charge in [-0.3, -0.25) is 0 Å². The van der Waals surface area contributed by atoms with E-state index in [4.69, 9.17) is 57.7 Å². The molecule has 0 aromatic carbocycles. The van der Waals surface area contributed by atoms with Gasteiger partial charge in [0.2, 0.25) is 0 Å². The molecule has 0 aliphatic rings. The molecular formula is H34NaO24P3. The number of rotatable bonds is 0. The Labute approximate surface area is 176 Å². The average Bonchev–Trinajstić information content (AvgIpc) is 1.41. The first kappa shape index (κ1) is 136. The van der Waals surface area contributed by atoms with Crippen molar-refractivity contribution in [2.45, 2.75) is 0 Å². The fraction of sp³-hybridized carbons (Fsp3) is 0. The van der Waals surface area contributed by atoms with Crippen LogP contribution in [0.2, 0.25) is 0 Å². The van der Waals surface area contributed by atoms with Crippen molar-refractivity contribution in [3.8, 4) is 0 Å². The molecular weight excluding hydrogens is 500 g/mol. The van der Waals surface area contributed by atoms with Crippen LogP contribution in [0.3, 0.4) is 0 Å². The standard InChI is InChI=1S/Na.3H3O4P.12H2O.H/c;3*1-5(2,3)4;;;;;;;;;;;;;/h;3*(H3,1,2,3,4);12*1H2;. The van der Waals surface area contributed by atoms with E-state index in [9.17, 15) is 0 Å². The first-order valence-electron chi connectivity index (χ1n) is 2.35. The molecule has 0 rings (SSSR count). The Morgan fingerprint density at radius 3 is 0.286 bits per heavy atom. The van der Waals surface area contributed by atoms with Crippen LogP contribution in [-0.4, -0.2) is 139 Å². The minimum absolute atomic E-state index is 0. The van der Waals surface area contributed by atoms with Gasteiger partial charge in [0, 0.05) is 0 Å². The molecule has 0 amide bonds. The van der Waals surface area contributed by atoms with Crippen LogP contribution in [0.15, 0.2) is 0 Å². The maximum absolute atomic E-state index is 8.88. The molecule has 0 aliphatic carbocycles. The molecule has 0 saturated carbocycles. The molecule has 24 nitrogen and oxygen atoms in total. The Bertz CT molecular complexity index is 206. The minimum atomic E-state index is -4.64. The first-order valence-corrected chi connectivity index (χ1v) is 7.04. The van der Waals surface area contributed by atoms with Gasteiger partial charge < -0.3 is 110 Å². The van der Waals surface area contributed by atoms with Crippen molar-refractivity contribution in [3.05, 3.63) is 0 Å². The Morgan fingerprint density at radius 1 is 0.286 bits per heavy atom. The first-order chi connectivity index (χ1) is 6.00. The fourth-order valence-electron chi connectivity index (χ4n) is 0. The Morgan fingerprint density at radius 2 is 0.286 bits per heavy atom. The zero-order chi connectivity index (χ0) is 13.5. The number of hydrogen-bond acceptors (Lipinski definition) is 3. The van der Waals surface area contributed by atoms with Gasteiger partial charge in [-0.2, -0.15) is 0 Å². The van der Waals surface area contributed by atoms with Gasteiger partial charge in [-0.25, -0.2) is 13.7 Å². The van der Waals surface area contributed by atoms with E-state index in [2.05, 4.69) is 0 Å². The molecule has 0 atom stereocenters. The van der Waals surface area contributed by atoms with Crippen molar-refractivity contribution in [3.63, 3.8) is 0 Å². The van der Waals surface area contributed by atoms with E-state index < -0.39 is 23.5 Å². The van der Waals surface area contributed by atoms with Gasteiger partial charge in [0.1, 0.15) is 0 Å². The van der Waals surface area contributed by atoms with E-state index in [1.54, 1.807) is 0 Å². The molecule has 0 aliphatic heterocycles. The Kier molecular flexibility index (Phi) is 273. The third-order valence-corrected chi connectivity index (χ3v) is 0. The summed E-state index contributed by atoms with van der Waals surface area (Å²) in [6, 6.07) is 0. The van der Waals surface area contributed by atoms with E-state index in [0.717, 1.165) is 0 Å². The van der Waals surface area contributed by atoms with Crippen LogP contribution in [0.1, 0.15) is 0 Å². The summed E-state index contributed by atoms with van der Waals surface area (Å²) >= 11 is 0. The van der Waals surface area contributed by atoms with E-state index in [1.807, 2.05) is 0 Å². The normalized spacial score (nSPS) is 6.32. The van der Waals surface area contributed by atoms with Crippen molar-refractivity contribution >= 4 is 53.0 Å². The molecule has 0 saturated heterocycles. The molecule has 0 aromatic rings. The predicted molar refractivity (Wildman–Crippen MR) is 93.3 cm³/mol. The SMILES string of the molecule is O.O.O.O.O.O.O.O.O.O.O.O.O=P(O)(O)O.O=P(O)(O)O.O=P(O)(O)O.[NaH]. The van der Waals surface area contributed by atoms with E-state index in [-0.39, 0.29) is 95.3 Å². The van der Waals surface area contributed by atoms with Crippen LogP contribution in [-0.2, 0) is 13.7 Å². The van der Waals surface area contributed by atoms with E-state index in [1.165, 1.54) is 0 Å². The van der Waals surface area contributed by atoms with Gasteiger partial charge in [-0.05, 0) is 0 Å². The summed E-state index contributed by atoms with van der Waals surface area (Å²) in [5.74, 6) is 0. The molecule has 0 radical (unpaired) electrons. The average molecular weight is 534 g/mol. The third kappa shape index (κ3) is 24800. The summed E-state index contributed by atoms with van der Waals surface area (Å²) in [7, 11) is -13.9. The van der Waals surface area contributed by atoms with Crippen LogP contribution in [0.25, 0.3) is 0 Å². The zero-order valence-electron chi connectivity index (χ0n) is 12.6. The zero-order valence-corrected chi connectivity index (χ0v) is 15.3. The maximum atomic E-state index is 8.88. The number of hydrogen-bond donors (Lipinski definition) is 9. The molecule has 0 bridgehead atoms. The van der Waals surface area contributed by atoms with Crippen molar-refractivity contribution in [1.82, 2.24) is 0 Å². The Hall–Kier alpha value is 0.850. The third-order valence-electron chi connectivity index (χ3n) is 0.